The molecule has 0 saturated carbocycles. The molecule has 0 aromatic carbocycles. The average Bonchev–Trinajstić information content (AvgIpc) is 3.11. The fourth-order valence-electron chi connectivity index (χ4n) is 1.60. The van der Waals surface area contributed by atoms with Crippen LogP contribution in [0.3, 0.4) is 0 Å². The molecular weight excluding hydrogens is 294 g/mol. The monoisotopic (exact) mass is 303 g/mol. The van der Waals surface area contributed by atoms with Crippen LogP contribution in [0.15, 0.2) is 45.3 Å². The molecule has 5 nitrogen and oxygen atoms in total. The number of aromatic amines is 1. The lowest BCUT2D eigenvalue weighted by Gasteiger charge is -2.00. The van der Waals surface area contributed by atoms with Crippen molar-refractivity contribution in [2.45, 2.75) is 0 Å². The van der Waals surface area contributed by atoms with Gasteiger partial charge >= 0.3 is 0 Å². The zero-order valence-corrected chi connectivity index (χ0v) is 11.8. The number of aromatic nitrogens is 2. The van der Waals surface area contributed by atoms with Gasteiger partial charge in [0.05, 0.1) is 0 Å². The highest BCUT2D eigenvalue weighted by Crippen LogP contribution is 2.25. The summed E-state index contributed by atoms with van der Waals surface area (Å²) in [6, 6.07) is 5.14. The van der Waals surface area contributed by atoms with Crippen LogP contribution in [0.25, 0.3) is 10.6 Å². The molecule has 1 amide bonds. The molecule has 7 heteroatoms. The molecule has 0 fully saturated rings. The SMILES string of the molecule is O=C(Nc1ccc[nH]c1=O)c1csc(-c2ccsc2)n1. The Balaban J connectivity index is 1.82. The van der Waals surface area contributed by atoms with Crippen LogP contribution in [-0.4, -0.2) is 15.9 Å². The number of amides is 1. The van der Waals surface area contributed by atoms with Gasteiger partial charge < -0.3 is 10.3 Å². The molecule has 0 aliphatic rings. The standard InChI is InChI=1S/C13H9N3O2S2/c17-11-9(2-1-4-14-11)15-12(18)10-7-20-13(16-10)8-3-5-19-6-8/h1-7H,(H,14,17)(H,15,18). The summed E-state index contributed by atoms with van der Waals surface area (Å²) in [5, 5.41) is 8.95. The van der Waals surface area contributed by atoms with E-state index in [-0.39, 0.29) is 17.2 Å². The van der Waals surface area contributed by atoms with E-state index in [9.17, 15) is 9.59 Å². The van der Waals surface area contributed by atoms with Crippen molar-refractivity contribution in [1.82, 2.24) is 9.97 Å². The fourth-order valence-corrected chi connectivity index (χ4v) is 3.12. The van der Waals surface area contributed by atoms with E-state index in [2.05, 4.69) is 15.3 Å². The number of carbonyl (C=O) groups is 1. The number of nitrogens with zero attached hydrogens (tertiary/aromatic N) is 1. The molecule has 0 radical (unpaired) electrons. The third-order valence-electron chi connectivity index (χ3n) is 2.57. The Morgan fingerprint density at radius 3 is 2.95 bits per heavy atom. The van der Waals surface area contributed by atoms with Crippen LogP contribution >= 0.6 is 22.7 Å². The molecule has 0 atom stereocenters. The van der Waals surface area contributed by atoms with E-state index in [4.69, 9.17) is 0 Å². The Hall–Kier alpha value is -2.25. The maximum atomic E-state index is 12.0. The maximum absolute atomic E-state index is 12.0. The van der Waals surface area contributed by atoms with E-state index < -0.39 is 0 Å². The lowest BCUT2D eigenvalue weighted by Crippen LogP contribution is -2.19. The summed E-state index contributed by atoms with van der Waals surface area (Å²) in [7, 11) is 0. The molecule has 0 bridgehead atoms. The first-order valence-electron chi connectivity index (χ1n) is 5.71. The predicted molar refractivity (Wildman–Crippen MR) is 80.4 cm³/mol. The van der Waals surface area contributed by atoms with Crippen LogP contribution in [0.2, 0.25) is 0 Å². The molecule has 3 aromatic rings. The van der Waals surface area contributed by atoms with Gasteiger partial charge in [0, 0.05) is 22.5 Å². The minimum Gasteiger partial charge on any atom is -0.327 e. The number of rotatable bonds is 3. The summed E-state index contributed by atoms with van der Waals surface area (Å²) in [6.07, 6.45) is 1.51. The van der Waals surface area contributed by atoms with Gasteiger partial charge in [-0.25, -0.2) is 4.98 Å². The second kappa shape index (κ2) is 5.40. The largest absolute Gasteiger partial charge is 0.327 e. The minimum atomic E-state index is -0.389. The van der Waals surface area contributed by atoms with E-state index in [0.717, 1.165) is 10.6 Å². The highest BCUT2D eigenvalue weighted by Gasteiger charge is 2.13. The normalized spacial score (nSPS) is 10.4. The number of hydrogen-bond donors (Lipinski definition) is 2. The fraction of sp³-hybridized carbons (Fsp3) is 0. The molecule has 3 rings (SSSR count). The Morgan fingerprint density at radius 1 is 1.30 bits per heavy atom. The van der Waals surface area contributed by atoms with Gasteiger partial charge in [0.1, 0.15) is 16.4 Å². The number of nitrogens with one attached hydrogen (secondary N) is 2. The third-order valence-corrected chi connectivity index (χ3v) is 4.15. The van der Waals surface area contributed by atoms with Gasteiger partial charge in [-0.05, 0) is 23.6 Å². The number of thiazole rings is 1. The highest BCUT2D eigenvalue weighted by atomic mass is 32.1. The Kier molecular flexibility index (Phi) is 3.44. The molecule has 3 heterocycles. The van der Waals surface area contributed by atoms with Crippen molar-refractivity contribution in [3.8, 4) is 10.6 Å². The maximum Gasteiger partial charge on any atom is 0.275 e. The Labute approximate surface area is 122 Å². The lowest BCUT2D eigenvalue weighted by molar-refractivity contribution is 0.102. The molecule has 100 valence electrons. The van der Waals surface area contributed by atoms with E-state index in [1.807, 2.05) is 16.8 Å². The van der Waals surface area contributed by atoms with Crippen LogP contribution in [-0.2, 0) is 0 Å². The van der Waals surface area contributed by atoms with Gasteiger partial charge in [-0.2, -0.15) is 11.3 Å². The number of carbonyl (C=O) groups excluding carboxylic acids is 1. The van der Waals surface area contributed by atoms with Gasteiger partial charge in [0.2, 0.25) is 0 Å². The Morgan fingerprint density at radius 2 is 2.20 bits per heavy atom. The van der Waals surface area contributed by atoms with Crippen LogP contribution in [0.5, 0.6) is 0 Å². The van der Waals surface area contributed by atoms with E-state index in [0.29, 0.717) is 5.69 Å². The molecule has 2 N–H and O–H groups in total. The van der Waals surface area contributed by atoms with Crippen LogP contribution in [0.1, 0.15) is 10.5 Å². The summed E-state index contributed by atoms with van der Waals surface area (Å²) in [5.74, 6) is -0.389. The van der Waals surface area contributed by atoms with Gasteiger partial charge in [-0.3, -0.25) is 9.59 Å². The summed E-state index contributed by atoms with van der Waals surface area (Å²) in [6.45, 7) is 0. The van der Waals surface area contributed by atoms with Crippen molar-refractivity contribution in [1.29, 1.82) is 0 Å². The van der Waals surface area contributed by atoms with Gasteiger partial charge in [-0.15, -0.1) is 11.3 Å². The Bertz CT molecular complexity index is 790. The number of anilines is 1. The molecule has 0 aliphatic carbocycles. The first-order valence-corrected chi connectivity index (χ1v) is 7.53. The van der Waals surface area contributed by atoms with Crippen molar-refractivity contribution < 1.29 is 4.79 Å². The van der Waals surface area contributed by atoms with Crippen molar-refractivity contribution in [2.75, 3.05) is 5.32 Å². The minimum absolute atomic E-state index is 0.211. The molecular formula is C13H9N3O2S2. The van der Waals surface area contributed by atoms with Gasteiger partial charge in [0.25, 0.3) is 11.5 Å². The summed E-state index contributed by atoms with van der Waals surface area (Å²) in [5.41, 5.74) is 1.17. The van der Waals surface area contributed by atoms with E-state index in [1.165, 1.54) is 17.5 Å². The number of thiophene rings is 1. The smallest absolute Gasteiger partial charge is 0.275 e. The van der Waals surface area contributed by atoms with E-state index >= 15 is 0 Å². The summed E-state index contributed by atoms with van der Waals surface area (Å²) < 4.78 is 0. The lowest BCUT2D eigenvalue weighted by atomic mass is 10.3. The predicted octanol–water partition coefficient (Wildman–Crippen LogP) is 2.81. The molecule has 0 saturated heterocycles. The second-order valence-electron chi connectivity index (χ2n) is 3.92. The van der Waals surface area contributed by atoms with Crippen LogP contribution < -0.4 is 10.9 Å². The quantitative estimate of drug-likeness (QED) is 0.781. The van der Waals surface area contributed by atoms with Crippen LogP contribution in [0, 0.1) is 0 Å². The van der Waals surface area contributed by atoms with Crippen molar-refractivity contribution >= 4 is 34.3 Å². The van der Waals surface area contributed by atoms with Gasteiger partial charge in [-0.1, -0.05) is 0 Å². The number of hydrogen-bond acceptors (Lipinski definition) is 5. The number of pyridine rings is 1. The van der Waals surface area contributed by atoms with Crippen LogP contribution in [0.4, 0.5) is 5.69 Å². The molecule has 20 heavy (non-hydrogen) atoms. The van der Waals surface area contributed by atoms with Crippen molar-refractivity contribution in [3.63, 3.8) is 0 Å². The zero-order valence-electron chi connectivity index (χ0n) is 10.1. The topological polar surface area (TPSA) is 74.8 Å². The summed E-state index contributed by atoms with van der Waals surface area (Å²) >= 11 is 2.98. The van der Waals surface area contributed by atoms with Gasteiger partial charge in [0.15, 0.2) is 0 Å². The average molecular weight is 303 g/mol. The molecule has 0 unspecified atom stereocenters. The number of H-pyrrole nitrogens is 1. The summed E-state index contributed by atoms with van der Waals surface area (Å²) in [4.78, 5) is 30.3. The zero-order chi connectivity index (χ0) is 13.9. The molecule has 3 aromatic heterocycles. The van der Waals surface area contributed by atoms with Crippen molar-refractivity contribution in [2.24, 2.45) is 0 Å². The molecule has 0 aliphatic heterocycles. The molecule has 0 spiro atoms. The first kappa shape index (κ1) is 12.8. The van der Waals surface area contributed by atoms with E-state index in [1.54, 1.807) is 28.8 Å². The second-order valence-corrected chi connectivity index (χ2v) is 5.56. The van der Waals surface area contributed by atoms with Crippen molar-refractivity contribution in [3.05, 3.63) is 56.6 Å². The third kappa shape index (κ3) is 2.54. The first-order chi connectivity index (χ1) is 9.74. The highest BCUT2D eigenvalue weighted by molar-refractivity contribution is 7.14.